The molecule has 0 saturated carbocycles. The Morgan fingerprint density at radius 3 is 1.43 bits per heavy atom. The monoisotopic (exact) mass is 957 g/mol. The fraction of sp³-hybridized carbons (Fsp3) is 0.846. The molecule has 2 saturated heterocycles. The number of hydrogen-bond acceptors (Lipinski definition) is 15. The van der Waals surface area contributed by atoms with Crippen molar-refractivity contribution in [2.45, 2.75) is 255 Å². The predicted octanol–water partition coefficient (Wildman–Crippen LogP) is 7.32. The van der Waals surface area contributed by atoms with Crippen LogP contribution < -0.4 is 0 Å². The molecule has 67 heavy (non-hydrogen) atoms. The molecule has 0 aliphatic carbocycles. The van der Waals surface area contributed by atoms with E-state index in [1.807, 2.05) is 0 Å². The Balaban J connectivity index is 1.82. The second kappa shape index (κ2) is 39.4. The maximum Gasteiger partial charge on any atom is 0.306 e. The molecule has 2 aliphatic heterocycles. The van der Waals surface area contributed by atoms with Crippen LogP contribution in [0.4, 0.5) is 0 Å². The van der Waals surface area contributed by atoms with Gasteiger partial charge in [-0.25, -0.2) is 0 Å². The number of hydrogen-bond donors (Lipinski definition) is 7. The lowest BCUT2D eigenvalue weighted by molar-refractivity contribution is -0.332. The smallest absolute Gasteiger partial charge is 0.306 e. The molecule has 11 atom stereocenters. The number of aliphatic hydroxyl groups is 7. The largest absolute Gasteiger partial charge is 0.462 e. The third-order valence-corrected chi connectivity index (χ3v) is 12.4. The lowest BCUT2D eigenvalue weighted by Gasteiger charge is -2.42. The van der Waals surface area contributed by atoms with Crippen molar-refractivity contribution in [1.29, 1.82) is 0 Å². The maximum atomic E-state index is 13.0. The van der Waals surface area contributed by atoms with E-state index < -0.39 is 99.3 Å². The first kappa shape index (κ1) is 60.8. The predicted molar refractivity (Wildman–Crippen MR) is 257 cm³/mol. The Labute approximate surface area is 402 Å². The van der Waals surface area contributed by atoms with Crippen molar-refractivity contribution in [2.75, 3.05) is 26.4 Å². The van der Waals surface area contributed by atoms with Crippen LogP contribution in [0.2, 0.25) is 0 Å². The molecule has 0 aromatic heterocycles. The Kier molecular flexibility index (Phi) is 35.8. The zero-order valence-electron chi connectivity index (χ0n) is 41.1. The molecule has 0 radical (unpaired) electrons. The number of aliphatic hydroxyl groups excluding tert-OH is 7. The van der Waals surface area contributed by atoms with Gasteiger partial charge in [-0.1, -0.05) is 159 Å². The molecule has 4 unspecified atom stereocenters. The van der Waals surface area contributed by atoms with E-state index in [2.05, 4.69) is 50.3 Å². The number of rotatable bonds is 40. The summed E-state index contributed by atoms with van der Waals surface area (Å²) in [6.45, 7) is 2.53. The summed E-state index contributed by atoms with van der Waals surface area (Å²) in [5.41, 5.74) is 0. The summed E-state index contributed by atoms with van der Waals surface area (Å²) in [6.07, 6.45) is 24.6. The number of ether oxygens (including phenoxy) is 6. The SMILES string of the molecule is CCCCC/C=C/C/C=C/C/C=C/CCCCC(=O)O[C@@H](COC(=O)CCCCCCCCCCCCCCCCCC)CO[C@@H]1O[C@H](CO[C@@H]2O[C@H](CO)[C@H](O)C(O)C2O)[C@H](O)C(O)C1O. The van der Waals surface area contributed by atoms with Gasteiger partial charge in [0, 0.05) is 12.8 Å². The van der Waals surface area contributed by atoms with Gasteiger partial charge in [0.25, 0.3) is 0 Å². The number of esters is 2. The lowest BCUT2D eigenvalue weighted by Crippen LogP contribution is -2.61. The summed E-state index contributed by atoms with van der Waals surface area (Å²) in [6, 6.07) is 0. The molecule has 0 amide bonds. The molecule has 15 heteroatoms. The molecule has 0 aromatic carbocycles. The Morgan fingerprint density at radius 2 is 0.896 bits per heavy atom. The fourth-order valence-corrected chi connectivity index (χ4v) is 8.05. The lowest BCUT2D eigenvalue weighted by atomic mass is 9.98. The number of carbonyl (C=O) groups excluding carboxylic acids is 2. The highest BCUT2D eigenvalue weighted by atomic mass is 16.7. The van der Waals surface area contributed by atoms with E-state index in [-0.39, 0.29) is 19.4 Å². The minimum atomic E-state index is -1.77. The molecule has 2 rings (SSSR count). The quantitative estimate of drug-likeness (QED) is 0.0181. The van der Waals surface area contributed by atoms with Crippen LogP contribution in [0, 0.1) is 0 Å². The Morgan fingerprint density at radius 1 is 0.478 bits per heavy atom. The van der Waals surface area contributed by atoms with Crippen LogP contribution in [0.25, 0.3) is 0 Å². The van der Waals surface area contributed by atoms with E-state index in [0.717, 1.165) is 51.4 Å². The summed E-state index contributed by atoms with van der Waals surface area (Å²) < 4.78 is 33.5. The van der Waals surface area contributed by atoms with Crippen LogP contribution >= 0.6 is 0 Å². The molecule has 7 N–H and O–H groups in total. The minimum absolute atomic E-state index is 0.118. The fourth-order valence-electron chi connectivity index (χ4n) is 8.05. The molecule has 0 aromatic rings. The van der Waals surface area contributed by atoms with Crippen LogP contribution in [0.1, 0.15) is 187 Å². The number of allylic oxidation sites excluding steroid dienone is 6. The zero-order valence-corrected chi connectivity index (χ0v) is 41.1. The molecule has 2 aliphatic rings. The number of unbranched alkanes of at least 4 members (excludes halogenated alkanes) is 20. The molecular weight excluding hydrogens is 865 g/mol. The summed E-state index contributed by atoms with van der Waals surface area (Å²) in [5.74, 6) is -0.965. The van der Waals surface area contributed by atoms with Crippen molar-refractivity contribution in [3.05, 3.63) is 36.5 Å². The summed E-state index contributed by atoms with van der Waals surface area (Å²) in [7, 11) is 0. The normalized spacial score (nSPS) is 26.2. The molecule has 15 nitrogen and oxygen atoms in total. The average molecular weight is 957 g/mol. The van der Waals surface area contributed by atoms with Crippen LogP contribution in [0.3, 0.4) is 0 Å². The van der Waals surface area contributed by atoms with Gasteiger partial charge in [0.2, 0.25) is 0 Å². The van der Waals surface area contributed by atoms with Gasteiger partial charge >= 0.3 is 11.9 Å². The van der Waals surface area contributed by atoms with Gasteiger partial charge < -0.3 is 64.2 Å². The van der Waals surface area contributed by atoms with Crippen molar-refractivity contribution in [2.24, 2.45) is 0 Å². The topological polar surface area (TPSA) is 231 Å². The third-order valence-electron chi connectivity index (χ3n) is 12.4. The molecule has 390 valence electrons. The Hall–Kier alpha value is -2.28. The maximum absolute atomic E-state index is 13.0. The molecule has 2 heterocycles. The van der Waals surface area contributed by atoms with Gasteiger partial charge in [0.15, 0.2) is 18.7 Å². The van der Waals surface area contributed by atoms with Crippen molar-refractivity contribution < 1.29 is 73.8 Å². The highest BCUT2D eigenvalue weighted by Crippen LogP contribution is 2.26. The van der Waals surface area contributed by atoms with E-state index in [1.165, 1.54) is 96.3 Å². The molecule has 0 spiro atoms. The van der Waals surface area contributed by atoms with Crippen LogP contribution in [0.15, 0.2) is 36.5 Å². The van der Waals surface area contributed by atoms with Gasteiger partial charge in [-0.15, -0.1) is 0 Å². The zero-order chi connectivity index (χ0) is 48.9. The van der Waals surface area contributed by atoms with Gasteiger partial charge in [0.1, 0.15) is 55.4 Å². The van der Waals surface area contributed by atoms with E-state index in [4.69, 9.17) is 28.4 Å². The highest BCUT2D eigenvalue weighted by Gasteiger charge is 2.47. The number of carbonyl (C=O) groups is 2. The van der Waals surface area contributed by atoms with Crippen molar-refractivity contribution >= 4 is 11.9 Å². The second-order valence-electron chi connectivity index (χ2n) is 18.4. The first-order chi connectivity index (χ1) is 32.5. The highest BCUT2D eigenvalue weighted by molar-refractivity contribution is 5.70. The second-order valence-corrected chi connectivity index (χ2v) is 18.4. The van der Waals surface area contributed by atoms with E-state index in [9.17, 15) is 45.3 Å². The summed E-state index contributed by atoms with van der Waals surface area (Å²) >= 11 is 0. The van der Waals surface area contributed by atoms with Gasteiger partial charge in [0.05, 0.1) is 19.8 Å². The first-order valence-corrected chi connectivity index (χ1v) is 26.1. The van der Waals surface area contributed by atoms with Crippen LogP contribution in [-0.4, -0.2) is 142 Å². The van der Waals surface area contributed by atoms with Crippen LogP contribution in [-0.2, 0) is 38.0 Å². The Bertz CT molecular complexity index is 1310. The van der Waals surface area contributed by atoms with Gasteiger partial charge in [-0.3, -0.25) is 9.59 Å². The van der Waals surface area contributed by atoms with Crippen LogP contribution in [0.5, 0.6) is 0 Å². The molecule has 2 fully saturated rings. The summed E-state index contributed by atoms with van der Waals surface area (Å²) in [4.78, 5) is 25.7. The average Bonchev–Trinajstić information content (AvgIpc) is 3.32. The molecule has 0 bridgehead atoms. The minimum Gasteiger partial charge on any atom is -0.462 e. The van der Waals surface area contributed by atoms with Crippen molar-refractivity contribution in [3.8, 4) is 0 Å². The van der Waals surface area contributed by atoms with E-state index >= 15 is 0 Å². The molecular formula is C52H92O15. The first-order valence-electron chi connectivity index (χ1n) is 26.1. The third kappa shape index (κ3) is 27.6. The standard InChI is InChI=1S/C52H92O15/c1-3-5-7-9-11-13-15-17-19-21-22-24-26-28-30-32-34-43(54)62-37-40(65-44(55)35-33-31-29-27-25-23-20-18-16-14-12-10-8-6-4-2)38-63-51-50(61)48(59)46(57)42(67-51)39-64-52-49(60)47(58)45(56)41(36-53)66-52/h12,14,18,20,25,27,40-42,45-53,56-61H,3-11,13,15-17,19,21-24,26,28-39H2,1-2H3/b14-12+,20-18+,27-25+/t40-,41+,42+,45-,46-,47?,48?,49?,50?,51+,52+/m0/s1. The van der Waals surface area contributed by atoms with E-state index in [0.29, 0.717) is 12.8 Å². The van der Waals surface area contributed by atoms with Gasteiger partial charge in [-0.2, -0.15) is 0 Å². The van der Waals surface area contributed by atoms with Gasteiger partial charge in [-0.05, 0) is 51.4 Å². The van der Waals surface area contributed by atoms with Crippen molar-refractivity contribution in [3.63, 3.8) is 0 Å². The van der Waals surface area contributed by atoms with E-state index in [1.54, 1.807) is 0 Å². The van der Waals surface area contributed by atoms with Crippen molar-refractivity contribution in [1.82, 2.24) is 0 Å². The summed E-state index contributed by atoms with van der Waals surface area (Å²) in [5, 5.41) is 72.1.